The van der Waals surface area contributed by atoms with E-state index in [4.69, 9.17) is 23.2 Å². The summed E-state index contributed by atoms with van der Waals surface area (Å²) in [7, 11) is 0. The Morgan fingerprint density at radius 1 is 1.16 bits per heavy atom. The number of nitrogens with one attached hydrogen (secondary N) is 1. The predicted molar refractivity (Wildman–Crippen MR) is 82.0 cm³/mol. The van der Waals surface area contributed by atoms with E-state index in [0.29, 0.717) is 0 Å². The highest BCUT2D eigenvalue weighted by Crippen LogP contribution is 2.48. The Kier molecular flexibility index (Phi) is 3.81. The Bertz CT molecular complexity index is 446. The maximum absolute atomic E-state index is 6.33. The van der Waals surface area contributed by atoms with Gasteiger partial charge in [0.15, 0.2) is 0 Å². The summed E-state index contributed by atoms with van der Waals surface area (Å²) >= 11 is 12.7. The molecule has 0 spiro atoms. The fourth-order valence-corrected chi connectivity index (χ4v) is 3.43. The van der Waals surface area contributed by atoms with Gasteiger partial charge in [-0.25, -0.2) is 0 Å². The largest absolute Gasteiger partial charge is 0.313 e. The van der Waals surface area contributed by atoms with E-state index in [2.05, 4.69) is 12.2 Å². The average Bonchev–Trinajstić information content (AvgIpc) is 3.25. The van der Waals surface area contributed by atoms with Crippen molar-refractivity contribution in [3.8, 4) is 0 Å². The molecule has 2 fully saturated rings. The Morgan fingerprint density at radius 3 is 2.32 bits per heavy atom. The van der Waals surface area contributed by atoms with Gasteiger partial charge < -0.3 is 5.32 Å². The van der Waals surface area contributed by atoms with E-state index in [1.807, 2.05) is 18.2 Å². The van der Waals surface area contributed by atoms with Gasteiger partial charge >= 0.3 is 0 Å². The lowest BCUT2D eigenvalue weighted by molar-refractivity contribution is 0.255. The highest BCUT2D eigenvalue weighted by molar-refractivity contribution is 6.36. The fraction of sp³-hybridized carbons (Fsp3) is 0.625. The van der Waals surface area contributed by atoms with Crippen LogP contribution in [0, 0.1) is 11.3 Å². The van der Waals surface area contributed by atoms with E-state index in [0.717, 1.165) is 40.5 Å². The minimum atomic E-state index is 0.289. The lowest BCUT2D eigenvalue weighted by Crippen LogP contribution is -2.36. The van der Waals surface area contributed by atoms with Gasteiger partial charge in [-0.05, 0) is 61.1 Å². The zero-order valence-electron chi connectivity index (χ0n) is 11.4. The van der Waals surface area contributed by atoms with Gasteiger partial charge in [0.2, 0.25) is 0 Å². The molecule has 0 saturated heterocycles. The monoisotopic (exact) mass is 297 g/mol. The van der Waals surface area contributed by atoms with Crippen molar-refractivity contribution < 1.29 is 0 Å². The van der Waals surface area contributed by atoms with Gasteiger partial charge in [-0.2, -0.15) is 0 Å². The van der Waals surface area contributed by atoms with Gasteiger partial charge in [0, 0.05) is 22.6 Å². The molecule has 0 radical (unpaired) electrons. The van der Waals surface area contributed by atoms with Crippen LogP contribution in [0.5, 0.6) is 0 Å². The van der Waals surface area contributed by atoms with E-state index < -0.39 is 0 Å². The minimum Gasteiger partial charge on any atom is -0.313 e. The van der Waals surface area contributed by atoms with Crippen molar-refractivity contribution in [2.45, 2.75) is 45.1 Å². The maximum Gasteiger partial charge on any atom is 0.0453 e. The standard InChI is InChI=1S/C16H21Cl2N/c1-16(11-5-6-11,10-19-12-7-8-12)9-13-14(17)3-2-4-15(13)18/h2-4,11-12,19H,5-10H2,1H3. The summed E-state index contributed by atoms with van der Waals surface area (Å²) < 4.78 is 0. The second kappa shape index (κ2) is 5.27. The summed E-state index contributed by atoms with van der Waals surface area (Å²) in [5.41, 5.74) is 1.41. The molecule has 2 aliphatic carbocycles. The quantitative estimate of drug-likeness (QED) is 0.802. The van der Waals surface area contributed by atoms with Crippen molar-refractivity contribution in [3.63, 3.8) is 0 Å². The molecular weight excluding hydrogens is 277 g/mol. The third-order valence-electron chi connectivity index (χ3n) is 4.58. The minimum absolute atomic E-state index is 0.289. The summed E-state index contributed by atoms with van der Waals surface area (Å²) in [6.07, 6.45) is 6.37. The molecule has 0 aromatic heterocycles. The first-order chi connectivity index (χ1) is 9.08. The Balaban J connectivity index is 1.76. The maximum atomic E-state index is 6.33. The van der Waals surface area contributed by atoms with Gasteiger partial charge in [-0.15, -0.1) is 0 Å². The van der Waals surface area contributed by atoms with Crippen LogP contribution in [-0.2, 0) is 6.42 Å². The summed E-state index contributed by atoms with van der Waals surface area (Å²) in [6.45, 7) is 3.48. The van der Waals surface area contributed by atoms with Gasteiger partial charge in [-0.3, -0.25) is 0 Å². The molecule has 1 unspecified atom stereocenters. The normalized spacial score (nSPS) is 22.3. The molecule has 3 heteroatoms. The number of hydrogen-bond acceptors (Lipinski definition) is 1. The van der Waals surface area contributed by atoms with Gasteiger partial charge in [0.1, 0.15) is 0 Å². The van der Waals surface area contributed by atoms with E-state index >= 15 is 0 Å². The molecule has 1 N–H and O–H groups in total. The number of hydrogen-bond donors (Lipinski definition) is 1. The van der Waals surface area contributed by atoms with Crippen molar-refractivity contribution in [2.24, 2.45) is 11.3 Å². The topological polar surface area (TPSA) is 12.0 Å². The number of rotatable bonds is 6. The van der Waals surface area contributed by atoms with Crippen molar-refractivity contribution in [3.05, 3.63) is 33.8 Å². The third-order valence-corrected chi connectivity index (χ3v) is 5.29. The Labute approximate surface area is 125 Å². The third kappa shape index (κ3) is 3.26. The second-order valence-electron chi connectivity index (χ2n) is 6.46. The van der Waals surface area contributed by atoms with E-state index in [9.17, 15) is 0 Å². The molecule has 3 rings (SSSR count). The molecule has 1 atom stereocenters. The highest BCUT2D eigenvalue weighted by atomic mass is 35.5. The van der Waals surface area contributed by atoms with Gasteiger partial charge in [0.05, 0.1) is 0 Å². The van der Waals surface area contributed by atoms with Crippen molar-refractivity contribution in [2.75, 3.05) is 6.54 Å². The summed E-state index contributed by atoms with van der Waals surface area (Å²) in [5.74, 6) is 0.825. The zero-order chi connectivity index (χ0) is 13.5. The molecule has 104 valence electrons. The van der Waals surface area contributed by atoms with Crippen LogP contribution in [0.4, 0.5) is 0 Å². The van der Waals surface area contributed by atoms with Crippen molar-refractivity contribution >= 4 is 23.2 Å². The van der Waals surface area contributed by atoms with Crippen LogP contribution in [0.15, 0.2) is 18.2 Å². The van der Waals surface area contributed by atoms with Crippen LogP contribution >= 0.6 is 23.2 Å². The highest BCUT2D eigenvalue weighted by Gasteiger charge is 2.42. The molecule has 1 nitrogen and oxygen atoms in total. The molecule has 2 saturated carbocycles. The smallest absolute Gasteiger partial charge is 0.0453 e. The van der Waals surface area contributed by atoms with E-state index in [1.165, 1.54) is 25.7 Å². The fourth-order valence-electron chi connectivity index (χ4n) is 2.90. The first-order valence-corrected chi connectivity index (χ1v) is 8.00. The number of halogens is 2. The second-order valence-corrected chi connectivity index (χ2v) is 7.27. The first-order valence-electron chi connectivity index (χ1n) is 7.25. The van der Waals surface area contributed by atoms with Crippen molar-refractivity contribution in [1.82, 2.24) is 5.32 Å². The summed E-state index contributed by atoms with van der Waals surface area (Å²) in [5, 5.41) is 5.31. The molecule has 0 amide bonds. The van der Waals surface area contributed by atoms with Crippen LogP contribution in [0.3, 0.4) is 0 Å². The molecule has 0 aliphatic heterocycles. The number of benzene rings is 1. The SMILES string of the molecule is CC(CNC1CC1)(Cc1c(Cl)cccc1Cl)C1CC1. The molecule has 2 aliphatic rings. The molecule has 1 aromatic carbocycles. The predicted octanol–water partition coefficient (Wildman–Crippen LogP) is 4.70. The lowest BCUT2D eigenvalue weighted by Gasteiger charge is -2.31. The first kappa shape index (κ1) is 13.7. The van der Waals surface area contributed by atoms with Crippen LogP contribution in [0.25, 0.3) is 0 Å². The van der Waals surface area contributed by atoms with Gasteiger partial charge in [-0.1, -0.05) is 36.2 Å². The summed E-state index contributed by atoms with van der Waals surface area (Å²) in [4.78, 5) is 0. The molecule has 19 heavy (non-hydrogen) atoms. The molecular formula is C16H21Cl2N. The van der Waals surface area contributed by atoms with E-state index in [1.54, 1.807) is 0 Å². The van der Waals surface area contributed by atoms with Crippen molar-refractivity contribution in [1.29, 1.82) is 0 Å². The average molecular weight is 298 g/mol. The Morgan fingerprint density at radius 2 is 1.79 bits per heavy atom. The summed E-state index contributed by atoms with van der Waals surface area (Å²) in [6, 6.07) is 6.58. The molecule has 0 heterocycles. The van der Waals surface area contributed by atoms with Crippen LogP contribution in [-0.4, -0.2) is 12.6 Å². The lowest BCUT2D eigenvalue weighted by atomic mass is 9.78. The van der Waals surface area contributed by atoms with Gasteiger partial charge in [0.25, 0.3) is 0 Å². The Hall–Kier alpha value is -0.240. The molecule has 1 aromatic rings. The molecule has 0 bridgehead atoms. The van der Waals surface area contributed by atoms with E-state index in [-0.39, 0.29) is 5.41 Å². The van der Waals surface area contributed by atoms with Crippen LogP contribution in [0.2, 0.25) is 10.0 Å². The van der Waals surface area contributed by atoms with Crippen LogP contribution in [0.1, 0.15) is 38.2 Å². The zero-order valence-corrected chi connectivity index (χ0v) is 12.9. The van der Waals surface area contributed by atoms with Crippen LogP contribution < -0.4 is 5.32 Å².